The first kappa shape index (κ1) is 14.8. The first-order valence-electron chi connectivity index (χ1n) is 7.60. The summed E-state index contributed by atoms with van der Waals surface area (Å²) >= 11 is 0. The third-order valence-corrected chi connectivity index (χ3v) is 4.28. The second-order valence-electron chi connectivity index (χ2n) is 5.59. The molecule has 1 saturated carbocycles. The van der Waals surface area contributed by atoms with Crippen LogP contribution in [0.2, 0.25) is 0 Å². The van der Waals surface area contributed by atoms with E-state index in [-0.39, 0.29) is 18.0 Å². The van der Waals surface area contributed by atoms with Crippen molar-refractivity contribution in [1.29, 1.82) is 0 Å². The Labute approximate surface area is 115 Å². The molecule has 1 amide bonds. The number of ether oxygens (including phenoxy) is 1. The number of nitrogens with two attached hydrogens (primary N) is 1. The van der Waals surface area contributed by atoms with Crippen LogP contribution in [0.3, 0.4) is 0 Å². The third kappa shape index (κ3) is 3.68. The molecule has 2 aliphatic rings. The molecule has 1 saturated heterocycles. The van der Waals surface area contributed by atoms with Crippen LogP contribution >= 0.6 is 0 Å². The highest BCUT2D eigenvalue weighted by Crippen LogP contribution is 2.24. The Morgan fingerprint density at radius 2 is 2.16 bits per heavy atom. The van der Waals surface area contributed by atoms with Gasteiger partial charge in [-0.25, -0.2) is 0 Å². The van der Waals surface area contributed by atoms with Crippen LogP contribution in [0.15, 0.2) is 0 Å². The van der Waals surface area contributed by atoms with E-state index in [2.05, 4.69) is 10.2 Å². The van der Waals surface area contributed by atoms with Crippen LogP contribution in [0.4, 0.5) is 0 Å². The van der Waals surface area contributed by atoms with Gasteiger partial charge in [-0.2, -0.15) is 0 Å². The van der Waals surface area contributed by atoms with Crippen molar-refractivity contribution in [1.82, 2.24) is 10.2 Å². The fraction of sp³-hybridized carbons (Fsp3) is 0.929. The lowest BCUT2D eigenvalue weighted by molar-refractivity contribution is -0.135. The lowest BCUT2D eigenvalue weighted by Crippen LogP contribution is -2.60. The van der Waals surface area contributed by atoms with Gasteiger partial charge in [-0.3, -0.25) is 9.69 Å². The highest BCUT2D eigenvalue weighted by atomic mass is 16.5. The molecule has 0 spiro atoms. The number of likely N-dealkylation sites (N-methyl/N-ethyl adjacent to an activating group) is 1. The van der Waals surface area contributed by atoms with Crippen molar-refractivity contribution in [3.05, 3.63) is 0 Å². The molecule has 0 aromatic rings. The number of nitrogens with one attached hydrogen (secondary N) is 1. The van der Waals surface area contributed by atoms with Gasteiger partial charge in [0, 0.05) is 25.2 Å². The number of carbonyl (C=O) groups excluding carboxylic acids is 1. The van der Waals surface area contributed by atoms with Crippen LogP contribution in [0.5, 0.6) is 0 Å². The van der Waals surface area contributed by atoms with Crippen molar-refractivity contribution in [2.45, 2.75) is 57.2 Å². The molecule has 0 radical (unpaired) electrons. The highest BCUT2D eigenvalue weighted by molar-refractivity contribution is 5.82. The van der Waals surface area contributed by atoms with Gasteiger partial charge in [-0.1, -0.05) is 19.3 Å². The van der Waals surface area contributed by atoms with E-state index in [0.717, 1.165) is 19.4 Å². The third-order valence-electron chi connectivity index (χ3n) is 4.28. The van der Waals surface area contributed by atoms with Crippen LogP contribution in [-0.2, 0) is 9.53 Å². The van der Waals surface area contributed by atoms with Crippen molar-refractivity contribution < 1.29 is 9.53 Å². The van der Waals surface area contributed by atoms with Crippen LogP contribution in [0.1, 0.15) is 39.0 Å². The Hall–Kier alpha value is -0.650. The molecule has 1 heterocycles. The minimum Gasteiger partial charge on any atom is -0.378 e. The van der Waals surface area contributed by atoms with E-state index in [4.69, 9.17) is 10.5 Å². The fourth-order valence-corrected chi connectivity index (χ4v) is 3.26. The summed E-state index contributed by atoms with van der Waals surface area (Å²) < 4.78 is 5.49. The van der Waals surface area contributed by atoms with E-state index in [1.807, 2.05) is 6.92 Å². The summed E-state index contributed by atoms with van der Waals surface area (Å²) in [5, 5.41) is 2.91. The molecule has 1 aliphatic carbocycles. The van der Waals surface area contributed by atoms with Crippen molar-refractivity contribution in [3.8, 4) is 0 Å². The van der Waals surface area contributed by atoms with Crippen molar-refractivity contribution >= 4 is 5.91 Å². The van der Waals surface area contributed by atoms with Crippen LogP contribution < -0.4 is 11.1 Å². The number of hydrogen-bond acceptors (Lipinski definition) is 4. The van der Waals surface area contributed by atoms with Gasteiger partial charge in [0.1, 0.15) is 6.04 Å². The predicted molar refractivity (Wildman–Crippen MR) is 74.8 cm³/mol. The highest BCUT2D eigenvalue weighted by Gasteiger charge is 2.36. The molecule has 0 aromatic carbocycles. The number of hydrogen-bond donors (Lipinski definition) is 2. The Balaban J connectivity index is 2.06. The SMILES string of the molecule is CCNC(=O)C1COCCN1C1CCCCCC1N. The minimum atomic E-state index is -0.164. The van der Waals surface area contributed by atoms with Gasteiger partial charge in [-0.15, -0.1) is 0 Å². The number of carbonyl (C=O) groups is 1. The van der Waals surface area contributed by atoms with E-state index in [0.29, 0.717) is 25.8 Å². The Morgan fingerprint density at radius 1 is 1.37 bits per heavy atom. The minimum absolute atomic E-state index is 0.0821. The second kappa shape index (κ2) is 7.22. The molecule has 2 rings (SSSR count). The molecule has 19 heavy (non-hydrogen) atoms. The number of rotatable bonds is 3. The average molecular weight is 269 g/mol. The van der Waals surface area contributed by atoms with Crippen molar-refractivity contribution in [2.24, 2.45) is 5.73 Å². The van der Waals surface area contributed by atoms with Crippen LogP contribution in [0, 0.1) is 0 Å². The molecule has 5 heteroatoms. The Kier molecular flexibility index (Phi) is 5.60. The zero-order chi connectivity index (χ0) is 13.7. The van der Waals surface area contributed by atoms with E-state index < -0.39 is 0 Å². The first-order chi connectivity index (χ1) is 9.24. The van der Waals surface area contributed by atoms with Gasteiger partial charge >= 0.3 is 0 Å². The molecule has 110 valence electrons. The topological polar surface area (TPSA) is 67.6 Å². The summed E-state index contributed by atoms with van der Waals surface area (Å²) in [5.74, 6) is 0.0821. The normalized spacial score (nSPS) is 33.7. The Bertz CT molecular complexity index is 298. The molecule has 3 atom stereocenters. The van der Waals surface area contributed by atoms with E-state index in [1.165, 1.54) is 19.3 Å². The van der Waals surface area contributed by atoms with Gasteiger partial charge in [0.05, 0.1) is 13.2 Å². The second-order valence-corrected chi connectivity index (χ2v) is 5.59. The van der Waals surface area contributed by atoms with Gasteiger partial charge in [0.15, 0.2) is 0 Å². The fourth-order valence-electron chi connectivity index (χ4n) is 3.26. The van der Waals surface area contributed by atoms with E-state index in [9.17, 15) is 4.79 Å². The van der Waals surface area contributed by atoms with Gasteiger partial charge in [-0.05, 0) is 19.8 Å². The van der Waals surface area contributed by atoms with Crippen LogP contribution in [-0.4, -0.2) is 55.2 Å². The summed E-state index contributed by atoms with van der Waals surface area (Å²) in [5.41, 5.74) is 6.33. The lowest BCUT2D eigenvalue weighted by Gasteiger charge is -2.42. The van der Waals surface area contributed by atoms with Crippen LogP contribution in [0.25, 0.3) is 0 Å². The van der Waals surface area contributed by atoms with E-state index >= 15 is 0 Å². The molecule has 0 bridgehead atoms. The summed E-state index contributed by atoms with van der Waals surface area (Å²) in [6.07, 6.45) is 5.88. The first-order valence-corrected chi connectivity index (χ1v) is 7.60. The lowest BCUT2D eigenvalue weighted by atomic mass is 9.99. The molecule has 2 fully saturated rings. The number of nitrogens with zero attached hydrogens (tertiary/aromatic N) is 1. The zero-order valence-corrected chi connectivity index (χ0v) is 11.9. The summed E-state index contributed by atoms with van der Waals surface area (Å²) in [4.78, 5) is 14.5. The molecule has 0 aromatic heterocycles. The smallest absolute Gasteiger partial charge is 0.239 e. The maximum atomic E-state index is 12.2. The molecular formula is C14H27N3O2. The molecular weight excluding hydrogens is 242 g/mol. The molecule has 1 aliphatic heterocycles. The monoisotopic (exact) mass is 269 g/mol. The van der Waals surface area contributed by atoms with E-state index in [1.54, 1.807) is 0 Å². The zero-order valence-electron chi connectivity index (χ0n) is 11.9. The number of amides is 1. The predicted octanol–water partition coefficient (Wildman–Crippen LogP) is 0.483. The summed E-state index contributed by atoms with van der Waals surface area (Å²) in [6, 6.07) is 0.361. The Morgan fingerprint density at radius 3 is 2.95 bits per heavy atom. The van der Waals surface area contributed by atoms with Gasteiger partial charge in [0.25, 0.3) is 0 Å². The number of morpholine rings is 1. The maximum absolute atomic E-state index is 12.2. The quantitative estimate of drug-likeness (QED) is 0.732. The van der Waals surface area contributed by atoms with Crippen molar-refractivity contribution in [2.75, 3.05) is 26.3 Å². The molecule has 5 nitrogen and oxygen atoms in total. The van der Waals surface area contributed by atoms with Crippen molar-refractivity contribution in [3.63, 3.8) is 0 Å². The average Bonchev–Trinajstić information content (AvgIpc) is 2.64. The molecule has 3 unspecified atom stereocenters. The molecule has 3 N–H and O–H groups in total. The summed E-state index contributed by atoms with van der Waals surface area (Å²) in [6.45, 7) is 4.64. The van der Waals surface area contributed by atoms with Gasteiger partial charge < -0.3 is 15.8 Å². The maximum Gasteiger partial charge on any atom is 0.239 e. The summed E-state index contributed by atoms with van der Waals surface area (Å²) in [7, 11) is 0. The largest absolute Gasteiger partial charge is 0.378 e. The van der Waals surface area contributed by atoms with Gasteiger partial charge in [0.2, 0.25) is 5.91 Å². The standard InChI is InChI=1S/C14H27N3O2/c1-2-16-14(18)13-10-19-9-8-17(13)12-7-5-3-4-6-11(12)15/h11-13H,2-10,15H2,1H3,(H,16,18).